The molecule has 0 aliphatic rings. The van der Waals surface area contributed by atoms with E-state index in [1.165, 1.54) is 0 Å². The fourth-order valence-electron chi connectivity index (χ4n) is 1.47. The van der Waals surface area contributed by atoms with Gasteiger partial charge in [0.15, 0.2) is 0 Å². The molecule has 1 amide bonds. The van der Waals surface area contributed by atoms with Crippen LogP contribution in [0.1, 0.15) is 11.1 Å². The van der Waals surface area contributed by atoms with Gasteiger partial charge < -0.3 is 11.5 Å². The molecule has 1 aromatic rings. The number of nitrogens with one attached hydrogen (secondary N) is 1. The van der Waals surface area contributed by atoms with E-state index >= 15 is 0 Å². The van der Waals surface area contributed by atoms with Crippen molar-refractivity contribution in [3.63, 3.8) is 0 Å². The van der Waals surface area contributed by atoms with Gasteiger partial charge in [-0.3, -0.25) is 10.1 Å². The molecule has 5 N–H and O–H groups in total. The van der Waals surface area contributed by atoms with Crippen molar-refractivity contribution in [2.24, 2.45) is 11.5 Å². The van der Waals surface area contributed by atoms with Gasteiger partial charge in [0.05, 0.1) is 6.04 Å². The summed E-state index contributed by atoms with van der Waals surface area (Å²) >= 11 is 0. The maximum atomic E-state index is 11.1. The predicted octanol–water partition coefficient (Wildman–Crippen LogP) is -0.103. The normalized spacial score (nSPS) is 12.4. The van der Waals surface area contributed by atoms with Crippen molar-refractivity contribution < 1.29 is 4.79 Å². The van der Waals surface area contributed by atoms with E-state index < -0.39 is 6.04 Å². The van der Waals surface area contributed by atoms with E-state index in [-0.39, 0.29) is 12.6 Å². The molecule has 4 nitrogen and oxygen atoms in total. The van der Waals surface area contributed by atoms with E-state index in [1.807, 2.05) is 31.2 Å². The highest BCUT2D eigenvalue weighted by Gasteiger charge is 2.14. The van der Waals surface area contributed by atoms with Crippen molar-refractivity contribution >= 4 is 5.91 Å². The van der Waals surface area contributed by atoms with E-state index in [1.54, 1.807) is 0 Å². The Bertz CT molecular complexity index is 338. The van der Waals surface area contributed by atoms with Crippen molar-refractivity contribution in [1.82, 2.24) is 5.32 Å². The predicted molar refractivity (Wildman–Crippen MR) is 60.1 cm³/mol. The van der Waals surface area contributed by atoms with Crippen LogP contribution >= 0.6 is 0 Å². The molecule has 0 saturated carbocycles. The summed E-state index contributed by atoms with van der Waals surface area (Å²) in [7, 11) is 0. The zero-order valence-electron chi connectivity index (χ0n) is 8.86. The second kappa shape index (κ2) is 5.48. The van der Waals surface area contributed by atoms with E-state index in [9.17, 15) is 4.79 Å². The van der Waals surface area contributed by atoms with Crippen LogP contribution in [0.4, 0.5) is 0 Å². The van der Waals surface area contributed by atoms with Gasteiger partial charge in [-0.05, 0) is 24.5 Å². The van der Waals surface area contributed by atoms with Crippen molar-refractivity contribution in [3.05, 3.63) is 35.4 Å². The Morgan fingerprint density at radius 2 is 2.13 bits per heavy atom. The van der Waals surface area contributed by atoms with Gasteiger partial charge in [-0.15, -0.1) is 0 Å². The van der Waals surface area contributed by atoms with Crippen LogP contribution in [-0.4, -0.2) is 18.6 Å². The third-order valence-corrected chi connectivity index (χ3v) is 2.39. The minimum Gasteiger partial charge on any atom is -0.368 e. The molecule has 0 bridgehead atoms. The first-order valence-corrected chi connectivity index (χ1v) is 4.92. The lowest BCUT2D eigenvalue weighted by Crippen LogP contribution is -2.45. The topological polar surface area (TPSA) is 81.1 Å². The highest BCUT2D eigenvalue weighted by Crippen LogP contribution is 2.09. The lowest BCUT2D eigenvalue weighted by molar-refractivity contribution is -0.120. The fraction of sp³-hybridized carbons (Fsp3) is 0.364. The molecule has 1 aromatic carbocycles. The molecule has 0 aliphatic carbocycles. The number of benzene rings is 1. The van der Waals surface area contributed by atoms with E-state index in [4.69, 9.17) is 11.5 Å². The SMILES string of the molecule is Cc1ccccc1C[C@H](NCN)C(N)=O. The Balaban J connectivity index is 2.74. The summed E-state index contributed by atoms with van der Waals surface area (Å²) in [5.74, 6) is -0.372. The van der Waals surface area contributed by atoms with Crippen molar-refractivity contribution in [1.29, 1.82) is 0 Å². The summed E-state index contributed by atoms with van der Waals surface area (Å²) < 4.78 is 0. The number of rotatable bonds is 5. The van der Waals surface area contributed by atoms with Crippen LogP contribution in [-0.2, 0) is 11.2 Å². The fourth-order valence-corrected chi connectivity index (χ4v) is 1.47. The van der Waals surface area contributed by atoms with Crippen LogP contribution in [0.2, 0.25) is 0 Å². The molecule has 15 heavy (non-hydrogen) atoms. The Kier molecular flexibility index (Phi) is 4.27. The van der Waals surface area contributed by atoms with Crippen LogP contribution in [0.5, 0.6) is 0 Å². The number of amides is 1. The molecular weight excluding hydrogens is 190 g/mol. The average Bonchev–Trinajstić information content (AvgIpc) is 2.20. The third-order valence-electron chi connectivity index (χ3n) is 2.39. The molecule has 0 spiro atoms. The molecule has 0 heterocycles. The Labute approximate surface area is 89.6 Å². The molecule has 0 saturated heterocycles. The summed E-state index contributed by atoms with van der Waals surface area (Å²) in [6.07, 6.45) is 0.583. The minimum absolute atomic E-state index is 0.249. The summed E-state index contributed by atoms with van der Waals surface area (Å²) in [5.41, 5.74) is 12.9. The Hall–Kier alpha value is -1.39. The number of carbonyl (C=O) groups is 1. The van der Waals surface area contributed by atoms with Gasteiger partial charge in [-0.2, -0.15) is 0 Å². The maximum Gasteiger partial charge on any atom is 0.234 e. The van der Waals surface area contributed by atoms with E-state index in [0.717, 1.165) is 11.1 Å². The minimum atomic E-state index is -0.393. The molecule has 0 radical (unpaired) electrons. The monoisotopic (exact) mass is 207 g/mol. The Morgan fingerprint density at radius 3 is 2.67 bits per heavy atom. The molecule has 82 valence electrons. The largest absolute Gasteiger partial charge is 0.368 e. The van der Waals surface area contributed by atoms with Gasteiger partial charge in [0, 0.05) is 6.67 Å². The number of carbonyl (C=O) groups excluding carboxylic acids is 1. The zero-order valence-corrected chi connectivity index (χ0v) is 8.86. The van der Waals surface area contributed by atoms with E-state index in [2.05, 4.69) is 5.32 Å². The molecule has 0 aromatic heterocycles. The third kappa shape index (κ3) is 3.34. The summed E-state index contributed by atoms with van der Waals surface area (Å²) in [4.78, 5) is 11.1. The van der Waals surface area contributed by atoms with Crippen LogP contribution in [0.25, 0.3) is 0 Å². The van der Waals surface area contributed by atoms with Gasteiger partial charge in [0.1, 0.15) is 0 Å². The van der Waals surface area contributed by atoms with Gasteiger partial charge in [0.2, 0.25) is 5.91 Å². The highest BCUT2D eigenvalue weighted by molar-refractivity contribution is 5.80. The summed E-state index contributed by atoms with van der Waals surface area (Å²) in [6.45, 7) is 2.26. The number of hydrogen-bond donors (Lipinski definition) is 3. The number of primary amides is 1. The Morgan fingerprint density at radius 1 is 1.47 bits per heavy atom. The second-order valence-corrected chi connectivity index (χ2v) is 3.49. The second-order valence-electron chi connectivity index (χ2n) is 3.49. The number of aryl methyl sites for hydroxylation is 1. The quantitative estimate of drug-likeness (QED) is 0.590. The van der Waals surface area contributed by atoms with Crippen molar-refractivity contribution in [2.75, 3.05) is 6.67 Å². The molecule has 0 unspecified atom stereocenters. The maximum absolute atomic E-state index is 11.1. The van der Waals surface area contributed by atoms with Crippen LogP contribution in [0, 0.1) is 6.92 Å². The van der Waals surface area contributed by atoms with Gasteiger partial charge >= 0.3 is 0 Å². The standard InChI is InChI=1S/C11H17N3O/c1-8-4-2-3-5-9(8)6-10(11(13)15)14-7-12/h2-5,10,14H,6-7,12H2,1H3,(H2,13,15)/t10-/m0/s1. The van der Waals surface area contributed by atoms with Crippen LogP contribution in [0.15, 0.2) is 24.3 Å². The zero-order chi connectivity index (χ0) is 11.3. The first-order valence-electron chi connectivity index (χ1n) is 4.92. The summed E-state index contributed by atoms with van der Waals surface area (Å²) in [6, 6.07) is 7.52. The first kappa shape index (κ1) is 11.7. The molecule has 1 rings (SSSR count). The molecule has 0 aliphatic heterocycles. The van der Waals surface area contributed by atoms with Crippen LogP contribution in [0.3, 0.4) is 0 Å². The van der Waals surface area contributed by atoms with E-state index in [0.29, 0.717) is 6.42 Å². The van der Waals surface area contributed by atoms with Crippen molar-refractivity contribution in [3.8, 4) is 0 Å². The first-order chi connectivity index (χ1) is 7.15. The molecule has 1 atom stereocenters. The van der Waals surface area contributed by atoms with Gasteiger partial charge in [-0.1, -0.05) is 24.3 Å². The van der Waals surface area contributed by atoms with Gasteiger partial charge in [0.25, 0.3) is 0 Å². The molecular formula is C11H17N3O. The summed E-state index contributed by atoms with van der Waals surface area (Å²) in [5, 5.41) is 2.86. The molecule has 4 heteroatoms. The van der Waals surface area contributed by atoms with Crippen molar-refractivity contribution in [2.45, 2.75) is 19.4 Å². The lowest BCUT2D eigenvalue weighted by Gasteiger charge is -2.15. The van der Waals surface area contributed by atoms with Crippen LogP contribution < -0.4 is 16.8 Å². The number of hydrogen-bond acceptors (Lipinski definition) is 3. The van der Waals surface area contributed by atoms with Gasteiger partial charge in [-0.25, -0.2) is 0 Å². The number of nitrogens with two attached hydrogens (primary N) is 2. The highest BCUT2D eigenvalue weighted by atomic mass is 16.1. The lowest BCUT2D eigenvalue weighted by atomic mass is 10.0. The smallest absolute Gasteiger partial charge is 0.234 e. The molecule has 0 fully saturated rings. The average molecular weight is 207 g/mol.